The molecular formula is C16H17BrClNO. The summed E-state index contributed by atoms with van der Waals surface area (Å²) in [6.45, 7) is 5.09. The Morgan fingerprint density at radius 1 is 1.15 bits per heavy atom. The Labute approximate surface area is 133 Å². The number of ether oxygens (including phenoxy) is 1. The number of benzene rings is 2. The molecule has 0 bridgehead atoms. The molecule has 2 aromatic carbocycles. The molecule has 0 radical (unpaired) electrons. The van der Waals surface area contributed by atoms with Crippen molar-refractivity contribution in [1.29, 1.82) is 0 Å². The van der Waals surface area contributed by atoms with Crippen LogP contribution in [-0.2, 0) is 6.54 Å². The van der Waals surface area contributed by atoms with Gasteiger partial charge in [-0.2, -0.15) is 0 Å². The molecule has 0 aliphatic carbocycles. The Morgan fingerprint density at radius 3 is 2.55 bits per heavy atom. The Kier molecular flexibility index (Phi) is 5.46. The standard InChI is InChI=1S/C16H17BrClNO/c1-11(2)19-10-12-6-7-15(9-16(12)17)20-14-5-3-4-13(18)8-14/h3-9,11,19H,10H2,1-2H3. The molecule has 106 valence electrons. The van der Waals surface area contributed by atoms with E-state index in [9.17, 15) is 0 Å². The summed E-state index contributed by atoms with van der Waals surface area (Å²) in [4.78, 5) is 0. The SMILES string of the molecule is CC(C)NCc1ccc(Oc2cccc(Cl)c2)cc1Br. The van der Waals surface area contributed by atoms with Gasteiger partial charge in [-0.3, -0.25) is 0 Å². The van der Waals surface area contributed by atoms with Crippen LogP contribution in [0.3, 0.4) is 0 Å². The Balaban J connectivity index is 2.09. The van der Waals surface area contributed by atoms with Crippen molar-refractivity contribution >= 4 is 27.5 Å². The van der Waals surface area contributed by atoms with E-state index in [0.29, 0.717) is 11.1 Å². The number of hydrogen-bond acceptors (Lipinski definition) is 2. The fourth-order valence-corrected chi connectivity index (χ4v) is 2.39. The molecular weight excluding hydrogens is 338 g/mol. The summed E-state index contributed by atoms with van der Waals surface area (Å²) >= 11 is 9.52. The van der Waals surface area contributed by atoms with E-state index in [-0.39, 0.29) is 0 Å². The number of nitrogens with one attached hydrogen (secondary N) is 1. The molecule has 0 heterocycles. The highest BCUT2D eigenvalue weighted by Gasteiger charge is 2.04. The zero-order valence-electron chi connectivity index (χ0n) is 11.5. The summed E-state index contributed by atoms with van der Waals surface area (Å²) < 4.78 is 6.82. The van der Waals surface area contributed by atoms with E-state index in [4.69, 9.17) is 16.3 Å². The minimum absolute atomic E-state index is 0.462. The van der Waals surface area contributed by atoms with Crippen molar-refractivity contribution in [3.05, 3.63) is 57.5 Å². The minimum atomic E-state index is 0.462. The first-order valence-corrected chi connectivity index (χ1v) is 7.67. The molecule has 0 saturated heterocycles. The molecule has 0 aliphatic heterocycles. The minimum Gasteiger partial charge on any atom is -0.457 e. The van der Waals surface area contributed by atoms with E-state index in [2.05, 4.69) is 41.2 Å². The van der Waals surface area contributed by atoms with E-state index in [1.54, 1.807) is 6.07 Å². The number of halogens is 2. The van der Waals surface area contributed by atoms with Gasteiger partial charge in [-0.15, -0.1) is 0 Å². The summed E-state index contributed by atoms with van der Waals surface area (Å²) in [7, 11) is 0. The molecule has 2 aromatic rings. The molecule has 0 amide bonds. The largest absolute Gasteiger partial charge is 0.457 e. The van der Waals surface area contributed by atoms with Gasteiger partial charge in [-0.25, -0.2) is 0 Å². The molecule has 2 rings (SSSR count). The first-order valence-electron chi connectivity index (χ1n) is 6.50. The summed E-state index contributed by atoms with van der Waals surface area (Å²) in [6, 6.07) is 13.8. The maximum atomic E-state index is 5.94. The predicted molar refractivity (Wildman–Crippen MR) is 87.6 cm³/mol. The second-order valence-corrected chi connectivity index (χ2v) is 6.14. The summed E-state index contributed by atoms with van der Waals surface area (Å²) in [5.41, 5.74) is 1.21. The molecule has 20 heavy (non-hydrogen) atoms. The van der Waals surface area contributed by atoms with Crippen LogP contribution in [0.5, 0.6) is 11.5 Å². The van der Waals surface area contributed by atoms with Crippen molar-refractivity contribution in [3.8, 4) is 11.5 Å². The fraction of sp³-hybridized carbons (Fsp3) is 0.250. The normalized spacial score (nSPS) is 10.8. The van der Waals surface area contributed by atoms with Crippen molar-refractivity contribution in [2.75, 3.05) is 0 Å². The average molecular weight is 355 g/mol. The Hall–Kier alpha value is -1.03. The highest BCUT2D eigenvalue weighted by molar-refractivity contribution is 9.10. The van der Waals surface area contributed by atoms with E-state index in [0.717, 1.165) is 22.5 Å². The maximum absolute atomic E-state index is 5.94. The van der Waals surface area contributed by atoms with Gasteiger partial charge in [0.2, 0.25) is 0 Å². The lowest BCUT2D eigenvalue weighted by molar-refractivity contribution is 0.482. The van der Waals surface area contributed by atoms with Crippen molar-refractivity contribution < 1.29 is 4.74 Å². The third-order valence-electron chi connectivity index (χ3n) is 2.76. The third-order valence-corrected chi connectivity index (χ3v) is 3.73. The van der Waals surface area contributed by atoms with Crippen LogP contribution in [0.1, 0.15) is 19.4 Å². The van der Waals surface area contributed by atoms with Gasteiger partial charge in [0.1, 0.15) is 11.5 Å². The molecule has 0 atom stereocenters. The van der Waals surface area contributed by atoms with E-state index < -0.39 is 0 Å². The van der Waals surface area contributed by atoms with Gasteiger partial charge in [0.15, 0.2) is 0 Å². The van der Waals surface area contributed by atoms with Crippen molar-refractivity contribution in [2.24, 2.45) is 0 Å². The Morgan fingerprint density at radius 2 is 1.90 bits per heavy atom. The molecule has 1 N–H and O–H groups in total. The Bertz CT molecular complexity index is 586. The smallest absolute Gasteiger partial charge is 0.128 e. The predicted octanol–water partition coefficient (Wildman–Crippen LogP) is 5.39. The van der Waals surface area contributed by atoms with Gasteiger partial charge >= 0.3 is 0 Å². The lowest BCUT2D eigenvalue weighted by Gasteiger charge is -2.11. The van der Waals surface area contributed by atoms with Crippen LogP contribution in [0, 0.1) is 0 Å². The summed E-state index contributed by atoms with van der Waals surface area (Å²) in [6.07, 6.45) is 0. The second-order valence-electron chi connectivity index (χ2n) is 4.85. The first kappa shape index (κ1) is 15.4. The first-order chi connectivity index (χ1) is 9.54. The van der Waals surface area contributed by atoms with Gasteiger partial charge in [0, 0.05) is 22.1 Å². The van der Waals surface area contributed by atoms with Crippen molar-refractivity contribution in [1.82, 2.24) is 5.32 Å². The topological polar surface area (TPSA) is 21.3 Å². The molecule has 0 unspecified atom stereocenters. The number of rotatable bonds is 5. The monoisotopic (exact) mass is 353 g/mol. The van der Waals surface area contributed by atoms with Gasteiger partial charge < -0.3 is 10.1 Å². The van der Waals surface area contributed by atoms with Crippen LogP contribution >= 0.6 is 27.5 Å². The van der Waals surface area contributed by atoms with Crippen molar-refractivity contribution in [3.63, 3.8) is 0 Å². The fourth-order valence-electron chi connectivity index (χ4n) is 1.72. The molecule has 4 heteroatoms. The van der Waals surface area contributed by atoms with E-state index in [1.807, 2.05) is 30.3 Å². The molecule has 0 spiro atoms. The van der Waals surface area contributed by atoms with Crippen LogP contribution in [0.4, 0.5) is 0 Å². The highest BCUT2D eigenvalue weighted by Crippen LogP contribution is 2.28. The van der Waals surface area contributed by atoms with Gasteiger partial charge in [-0.05, 0) is 35.9 Å². The zero-order valence-corrected chi connectivity index (χ0v) is 13.8. The average Bonchev–Trinajstić information content (AvgIpc) is 2.37. The number of hydrogen-bond donors (Lipinski definition) is 1. The van der Waals surface area contributed by atoms with E-state index in [1.165, 1.54) is 5.56 Å². The molecule has 0 aromatic heterocycles. The van der Waals surface area contributed by atoms with Crippen LogP contribution < -0.4 is 10.1 Å². The van der Waals surface area contributed by atoms with Crippen LogP contribution in [-0.4, -0.2) is 6.04 Å². The van der Waals surface area contributed by atoms with Crippen LogP contribution in [0.2, 0.25) is 5.02 Å². The van der Waals surface area contributed by atoms with E-state index >= 15 is 0 Å². The van der Waals surface area contributed by atoms with Gasteiger partial charge in [0.25, 0.3) is 0 Å². The van der Waals surface area contributed by atoms with Gasteiger partial charge in [-0.1, -0.05) is 53.5 Å². The zero-order chi connectivity index (χ0) is 14.5. The summed E-state index contributed by atoms with van der Waals surface area (Å²) in [5, 5.41) is 4.06. The maximum Gasteiger partial charge on any atom is 0.128 e. The lowest BCUT2D eigenvalue weighted by atomic mass is 10.2. The highest BCUT2D eigenvalue weighted by atomic mass is 79.9. The molecule has 2 nitrogen and oxygen atoms in total. The van der Waals surface area contributed by atoms with Crippen molar-refractivity contribution in [2.45, 2.75) is 26.4 Å². The quantitative estimate of drug-likeness (QED) is 0.777. The van der Waals surface area contributed by atoms with Crippen LogP contribution in [0.15, 0.2) is 46.9 Å². The lowest BCUT2D eigenvalue weighted by Crippen LogP contribution is -2.21. The molecule has 0 saturated carbocycles. The van der Waals surface area contributed by atoms with Crippen LogP contribution in [0.25, 0.3) is 0 Å². The molecule has 0 fully saturated rings. The van der Waals surface area contributed by atoms with Gasteiger partial charge in [0.05, 0.1) is 0 Å². The second kappa shape index (κ2) is 7.11. The third kappa shape index (κ3) is 4.51. The summed E-state index contributed by atoms with van der Waals surface area (Å²) in [5.74, 6) is 1.52. The molecule has 0 aliphatic rings.